The Morgan fingerprint density at radius 2 is 1.95 bits per heavy atom. The van der Waals surface area contributed by atoms with E-state index in [0.717, 1.165) is 24.9 Å². The number of fused-ring (bicyclic) bond motifs is 1. The summed E-state index contributed by atoms with van der Waals surface area (Å²) in [6, 6.07) is 16.7. The molecule has 1 aliphatic rings. The fraction of sp³-hybridized carbons (Fsp3) is 0.235. The van der Waals surface area contributed by atoms with Gasteiger partial charge in [0, 0.05) is 17.4 Å². The maximum Gasteiger partial charge on any atom is 0.101 e. The number of hydrogen-bond donors (Lipinski definition) is 2. The molecule has 0 spiro atoms. The van der Waals surface area contributed by atoms with Crippen LogP contribution in [0.3, 0.4) is 0 Å². The van der Waals surface area contributed by atoms with E-state index in [4.69, 9.17) is 11.0 Å². The van der Waals surface area contributed by atoms with Crippen LogP contribution in [-0.2, 0) is 12.8 Å². The second kappa shape index (κ2) is 5.26. The highest BCUT2D eigenvalue weighted by atomic mass is 14.9. The predicted octanol–water partition coefficient (Wildman–Crippen LogP) is 3.11. The molecule has 0 heterocycles. The molecule has 1 atom stereocenters. The first-order valence-electron chi connectivity index (χ1n) is 6.89. The smallest absolute Gasteiger partial charge is 0.101 e. The van der Waals surface area contributed by atoms with Gasteiger partial charge >= 0.3 is 0 Å². The SMILES string of the molecule is N#Cc1cc(NC2CCc3ccccc3C2)ccc1N. The van der Waals surface area contributed by atoms with E-state index in [2.05, 4.69) is 35.7 Å². The highest BCUT2D eigenvalue weighted by molar-refractivity contribution is 5.62. The topological polar surface area (TPSA) is 61.8 Å². The number of benzene rings is 2. The van der Waals surface area contributed by atoms with E-state index >= 15 is 0 Å². The molecule has 3 heteroatoms. The minimum absolute atomic E-state index is 0.417. The molecule has 0 radical (unpaired) electrons. The number of anilines is 2. The molecule has 0 aliphatic heterocycles. The zero-order valence-electron chi connectivity index (χ0n) is 11.3. The average molecular weight is 263 g/mol. The van der Waals surface area contributed by atoms with Gasteiger partial charge in [0.25, 0.3) is 0 Å². The van der Waals surface area contributed by atoms with Crippen LogP contribution in [0.2, 0.25) is 0 Å². The van der Waals surface area contributed by atoms with Gasteiger partial charge in [-0.25, -0.2) is 0 Å². The van der Waals surface area contributed by atoms with Gasteiger partial charge in [-0.2, -0.15) is 5.26 Å². The molecule has 3 rings (SSSR count). The third-order valence-electron chi connectivity index (χ3n) is 3.89. The second-order valence-electron chi connectivity index (χ2n) is 5.27. The van der Waals surface area contributed by atoms with E-state index in [9.17, 15) is 0 Å². The minimum Gasteiger partial charge on any atom is -0.398 e. The molecule has 1 aliphatic carbocycles. The summed E-state index contributed by atoms with van der Waals surface area (Å²) in [7, 11) is 0. The van der Waals surface area contributed by atoms with Gasteiger partial charge in [-0.15, -0.1) is 0 Å². The summed E-state index contributed by atoms with van der Waals surface area (Å²) in [5.41, 5.74) is 10.7. The Hall–Kier alpha value is -2.47. The van der Waals surface area contributed by atoms with Crippen molar-refractivity contribution in [3.05, 3.63) is 59.2 Å². The summed E-state index contributed by atoms with van der Waals surface area (Å²) in [5.74, 6) is 0. The van der Waals surface area contributed by atoms with Gasteiger partial charge in [0.05, 0.1) is 5.56 Å². The Morgan fingerprint density at radius 1 is 1.15 bits per heavy atom. The number of nitriles is 1. The summed E-state index contributed by atoms with van der Waals surface area (Å²) in [4.78, 5) is 0. The van der Waals surface area contributed by atoms with E-state index in [1.165, 1.54) is 11.1 Å². The molecule has 0 bridgehead atoms. The molecule has 2 aromatic rings. The third-order valence-corrected chi connectivity index (χ3v) is 3.89. The Labute approximate surface area is 119 Å². The van der Waals surface area contributed by atoms with E-state index < -0.39 is 0 Å². The van der Waals surface area contributed by atoms with Gasteiger partial charge in [0.2, 0.25) is 0 Å². The maximum atomic E-state index is 9.02. The van der Waals surface area contributed by atoms with E-state index in [-0.39, 0.29) is 0 Å². The van der Waals surface area contributed by atoms with Crippen molar-refractivity contribution >= 4 is 11.4 Å². The molecule has 1 unspecified atom stereocenters. The van der Waals surface area contributed by atoms with E-state index in [0.29, 0.717) is 17.3 Å². The highest BCUT2D eigenvalue weighted by Crippen LogP contribution is 2.25. The normalized spacial score (nSPS) is 17.1. The Balaban J connectivity index is 1.75. The average Bonchev–Trinajstić information content (AvgIpc) is 2.49. The second-order valence-corrected chi connectivity index (χ2v) is 5.27. The standard InChI is InChI=1S/C17H17N3/c18-11-14-10-16(7-8-17(14)19)20-15-6-5-12-3-1-2-4-13(12)9-15/h1-4,7-8,10,15,20H,5-6,9,19H2. The van der Waals surface area contributed by atoms with Gasteiger partial charge in [-0.05, 0) is 48.6 Å². The van der Waals surface area contributed by atoms with Crippen LogP contribution in [0.15, 0.2) is 42.5 Å². The van der Waals surface area contributed by atoms with Crippen molar-refractivity contribution in [2.24, 2.45) is 0 Å². The summed E-state index contributed by atoms with van der Waals surface area (Å²) in [6.45, 7) is 0. The number of hydrogen-bond acceptors (Lipinski definition) is 3. The first kappa shape index (κ1) is 12.6. The quantitative estimate of drug-likeness (QED) is 0.818. The molecule has 100 valence electrons. The highest BCUT2D eigenvalue weighted by Gasteiger charge is 2.18. The number of nitrogen functional groups attached to an aromatic ring is 1. The van der Waals surface area contributed by atoms with Crippen LogP contribution in [0.25, 0.3) is 0 Å². The summed E-state index contributed by atoms with van der Waals surface area (Å²) in [6.07, 6.45) is 3.25. The van der Waals surface area contributed by atoms with Crippen molar-refractivity contribution in [1.29, 1.82) is 5.26 Å². The zero-order valence-corrected chi connectivity index (χ0v) is 11.3. The number of aryl methyl sites for hydroxylation is 1. The monoisotopic (exact) mass is 263 g/mol. The van der Waals surface area contributed by atoms with Crippen LogP contribution in [0.4, 0.5) is 11.4 Å². The Morgan fingerprint density at radius 3 is 2.75 bits per heavy atom. The number of nitrogens with two attached hydrogens (primary N) is 1. The van der Waals surface area contributed by atoms with Crippen molar-refractivity contribution in [2.75, 3.05) is 11.1 Å². The van der Waals surface area contributed by atoms with Crippen molar-refractivity contribution in [1.82, 2.24) is 0 Å². The lowest BCUT2D eigenvalue weighted by molar-refractivity contribution is 0.611. The van der Waals surface area contributed by atoms with Crippen molar-refractivity contribution in [3.8, 4) is 6.07 Å². The number of rotatable bonds is 2. The molecule has 3 N–H and O–H groups in total. The van der Waals surface area contributed by atoms with Gasteiger partial charge in [0.15, 0.2) is 0 Å². The first-order chi connectivity index (χ1) is 9.76. The molecule has 0 fully saturated rings. The number of nitrogens with zero attached hydrogens (tertiary/aromatic N) is 1. The summed E-state index contributed by atoms with van der Waals surface area (Å²) >= 11 is 0. The zero-order chi connectivity index (χ0) is 13.9. The van der Waals surface area contributed by atoms with Gasteiger partial charge < -0.3 is 11.1 Å². The molecule has 0 saturated heterocycles. The van der Waals surface area contributed by atoms with Gasteiger partial charge in [-0.1, -0.05) is 24.3 Å². The fourth-order valence-electron chi connectivity index (χ4n) is 2.80. The molecule has 0 aromatic heterocycles. The first-order valence-corrected chi connectivity index (χ1v) is 6.89. The molecule has 20 heavy (non-hydrogen) atoms. The van der Waals surface area contributed by atoms with E-state index in [1.54, 1.807) is 6.07 Å². The van der Waals surface area contributed by atoms with Crippen molar-refractivity contribution in [2.45, 2.75) is 25.3 Å². The predicted molar refractivity (Wildman–Crippen MR) is 81.4 cm³/mol. The molecule has 2 aromatic carbocycles. The van der Waals surface area contributed by atoms with Gasteiger partial charge in [-0.3, -0.25) is 0 Å². The lowest BCUT2D eigenvalue weighted by Gasteiger charge is -2.26. The van der Waals surface area contributed by atoms with Crippen LogP contribution in [0, 0.1) is 11.3 Å². The third kappa shape index (κ3) is 2.46. The Kier molecular flexibility index (Phi) is 3.30. The largest absolute Gasteiger partial charge is 0.398 e. The van der Waals surface area contributed by atoms with Crippen LogP contribution < -0.4 is 11.1 Å². The molecule has 3 nitrogen and oxygen atoms in total. The van der Waals surface area contributed by atoms with Crippen LogP contribution in [0.5, 0.6) is 0 Å². The van der Waals surface area contributed by atoms with Crippen LogP contribution in [0.1, 0.15) is 23.1 Å². The molecule has 0 amide bonds. The molecular weight excluding hydrogens is 246 g/mol. The van der Waals surface area contributed by atoms with Gasteiger partial charge in [0.1, 0.15) is 6.07 Å². The summed E-state index contributed by atoms with van der Waals surface area (Å²) in [5, 5.41) is 12.5. The van der Waals surface area contributed by atoms with Crippen molar-refractivity contribution in [3.63, 3.8) is 0 Å². The lowest BCUT2D eigenvalue weighted by Crippen LogP contribution is -2.27. The maximum absolute atomic E-state index is 9.02. The number of nitrogens with one attached hydrogen (secondary N) is 1. The molecular formula is C17H17N3. The van der Waals surface area contributed by atoms with Crippen LogP contribution in [-0.4, -0.2) is 6.04 Å². The Bertz CT molecular complexity index is 670. The summed E-state index contributed by atoms with van der Waals surface area (Å²) < 4.78 is 0. The molecule has 0 saturated carbocycles. The van der Waals surface area contributed by atoms with E-state index in [1.807, 2.05) is 12.1 Å². The lowest BCUT2D eigenvalue weighted by atomic mass is 9.88. The van der Waals surface area contributed by atoms with Crippen molar-refractivity contribution < 1.29 is 0 Å². The fourth-order valence-corrected chi connectivity index (χ4v) is 2.80. The minimum atomic E-state index is 0.417. The van der Waals surface area contributed by atoms with Crippen LogP contribution >= 0.6 is 0 Å².